The van der Waals surface area contributed by atoms with Crippen LogP contribution in [0.4, 0.5) is 5.13 Å². The maximum absolute atomic E-state index is 12.0. The Morgan fingerprint density at radius 2 is 2.16 bits per heavy atom. The van der Waals surface area contributed by atoms with E-state index < -0.39 is 0 Å². The molecule has 5 heteroatoms. The molecule has 1 aliphatic rings. The predicted molar refractivity (Wildman–Crippen MR) is 79.5 cm³/mol. The number of carbonyl (C=O) groups is 1. The average Bonchev–Trinajstić information content (AvgIpc) is 2.75. The van der Waals surface area contributed by atoms with Crippen molar-refractivity contribution in [2.45, 2.75) is 45.6 Å². The standard InChI is InChI=1S/C14H23N3OS/c1-10-4-6-12(7-5-10)17(3)8-13(18)16-14-15-11(2)9-19-14/h9-10,12H,4-8H2,1-3H3,(H,15,16,18). The van der Waals surface area contributed by atoms with Gasteiger partial charge in [-0.1, -0.05) is 6.92 Å². The first kappa shape index (κ1) is 14.5. The third-order valence-electron chi connectivity index (χ3n) is 3.87. The van der Waals surface area contributed by atoms with E-state index in [0.29, 0.717) is 17.7 Å². The summed E-state index contributed by atoms with van der Waals surface area (Å²) in [5.41, 5.74) is 0.954. The summed E-state index contributed by atoms with van der Waals surface area (Å²) in [7, 11) is 2.05. The molecule has 1 saturated carbocycles. The Morgan fingerprint density at radius 1 is 1.47 bits per heavy atom. The van der Waals surface area contributed by atoms with Crippen molar-refractivity contribution >= 4 is 22.4 Å². The van der Waals surface area contributed by atoms with Gasteiger partial charge < -0.3 is 5.32 Å². The van der Waals surface area contributed by atoms with Crippen LogP contribution in [0.25, 0.3) is 0 Å². The van der Waals surface area contributed by atoms with Gasteiger partial charge in [-0.2, -0.15) is 0 Å². The van der Waals surface area contributed by atoms with E-state index in [1.54, 1.807) is 0 Å². The lowest BCUT2D eigenvalue weighted by Crippen LogP contribution is -2.39. The molecule has 19 heavy (non-hydrogen) atoms. The number of aromatic nitrogens is 1. The van der Waals surface area contributed by atoms with Crippen molar-refractivity contribution in [1.29, 1.82) is 0 Å². The number of hydrogen-bond donors (Lipinski definition) is 1. The number of anilines is 1. The summed E-state index contributed by atoms with van der Waals surface area (Å²) in [6.07, 6.45) is 4.98. The maximum Gasteiger partial charge on any atom is 0.240 e. The molecule has 106 valence electrons. The molecule has 0 bridgehead atoms. The van der Waals surface area contributed by atoms with Crippen molar-refractivity contribution in [2.75, 3.05) is 18.9 Å². The van der Waals surface area contributed by atoms with Crippen LogP contribution in [0.1, 0.15) is 38.3 Å². The van der Waals surface area contributed by atoms with Gasteiger partial charge in [-0.3, -0.25) is 9.69 Å². The fourth-order valence-corrected chi connectivity index (χ4v) is 3.31. The Morgan fingerprint density at radius 3 is 2.74 bits per heavy atom. The lowest BCUT2D eigenvalue weighted by molar-refractivity contribution is -0.117. The smallest absolute Gasteiger partial charge is 0.240 e. The highest BCUT2D eigenvalue weighted by molar-refractivity contribution is 7.13. The Bertz CT molecular complexity index is 424. The summed E-state index contributed by atoms with van der Waals surface area (Å²) in [5.74, 6) is 0.882. The number of nitrogens with zero attached hydrogens (tertiary/aromatic N) is 2. The Kier molecular flexibility index (Phi) is 4.93. The fourth-order valence-electron chi connectivity index (χ4n) is 2.61. The maximum atomic E-state index is 12.0. The monoisotopic (exact) mass is 281 g/mol. The molecule has 0 unspecified atom stereocenters. The highest BCUT2D eigenvalue weighted by Crippen LogP contribution is 2.26. The van der Waals surface area contributed by atoms with Gasteiger partial charge in [-0.15, -0.1) is 11.3 Å². The quantitative estimate of drug-likeness (QED) is 0.923. The summed E-state index contributed by atoms with van der Waals surface area (Å²) in [5, 5.41) is 5.52. The van der Waals surface area contributed by atoms with Gasteiger partial charge in [0.2, 0.25) is 5.91 Å². The second-order valence-electron chi connectivity index (χ2n) is 5.67. The van der Waals surface area contributed by atoms with Crippen LogP contribution in [0.3, 0.4) is 0 Å². The zero-order chi connectivity index (χ0) is 13.8. The van der Waals surface area contributed by atoms with Crippen LogP contribution < -0.4 is 5.32 Å². The predicted octanol–water partition coefficient (Wildman–Crippen LogP) is 2.90. The minimum absolute atomic E-state index is 0.0375. The van der Waals surface area contributed by atoms with Gasteiger partial charge >= 0.3 is 0 Å². The van der Waals surface area contributed by atoms with E-state index in [2.05, 4.69) is 22.1 Å². The molecule has 0 saturated heterocycles. The van der Waals surface area contributed by atoms with Crippen molar-refractivity contribution in [1.82, 2.24) is 9.88 Å². The SMILES string of the molecule is Cc1csc(NC(=O)CN(C)C2CCC(C)CC2)n1. The Balaban J connectivity index is 1.78. The van der Waals surface area contributed by atoms with E-state index in [9.17, 15) is 4.79 Å². The molecule has 0 radical (unpaired) electrons. The number of nitrogens with one attached hydrogen (secondary N) is 1. The number of carbonyl (C=O) groups excluding carboxylic acids is 1. The van der Waals surface area contributed by atoms with Crippen LogP contribution in [-0.2, 0) is 4.79 Å². The van der Waals surface area contributed by atoms with Gasteiger partial charge in [0.1, 0.15) is 0 Å². The van der Waals surface area contributed by atoms with Crippen molar-refractivity contribution < 1.29 is 4.79 Å². The molecule has 1 N–H and O–H groups in total. The molecule has 0 aromatic carbocycles. The first-order valence-electron chi connectivity index (χ1n) is 6.97. The van der Waals surface area contributed by atoms with Crippen LogP contribution in [0.5, 0.6) is 0 Å². The first-order valence-corrected chi connectivity index (χ1v) is 7.85. The van der Waals surface area contributed by atoms with Gasteiger partial charge in [0.15, 0.2) is 5.13 Å². The number of aryl methyl sites for hydroxylation is 1. The molecule has 1 aliphatic carbocycles. The van der Waals surface area contributed by atoms with E-state index >= 15 is 0 Å². The molecule has 1 heterocycles. The molecular formula is C14H23N3OS. The molecular weight excluding hydrogens is 258 g/mol. The number of rotatable bonds is 4. The van der Waals surface area contributed by atoms with Gasteiger partial charge in [-0.05, 0) is 45.6 Å². The molecule has 1 fully saturated rings. The van der Waals surface area contributed by atoms with Gasteiger partial charge in [0.25, 0.3) is 0 Å². The largest absolute Gasteiger partial charge is 0.301 e. The summed E-state index contributed by atoms with van der Waals surface area (Å²) >= 11 is 1.48. The van der Waals surface area contributed by atoms with Crippen LogP contribution in [-0.4, -0.2) is 35.4 Å². The highest BCUT2D eigenvalue weighted by atomic mass is 32.1. The molecule has 1 aromatic heterocycles. The van der Waals surface area contributed by atoms with Crippen LogP contribution in [0, 0.1) is 12.8 Å². The molecule has 0 atom stereocenters. The topological polar surface area (TPSA) is 45.2 Å². The van der Waals surface area contributed by atoms with E-state index in [1.807, 2.05) is 19.4 Å². The zero-order valence-corrected chi connectivity index (χ0v) is 12.8. The van der Waals surface area contributed by atoms with Crippen molar-refractivity contribution in [3.8, 4) is 0 Å². The molecule has 0 aliphatic heterocycles. The second-order valence-corrected chi connectivity index (χ2v) is 6.53. The summed E-state index contributed by atoms with van der Waals surface area (Å²) in [6.45, 7) is 4.70. The second kappa shape index (κ2) is 6.48. The van der Waals surface area contributed by atoms with Crippen LogP contribution in [0.15, 0.2) is 5.38 Å². The Hall–Kier alpha value is -0.940. The Labute approximate surface area is 119 Å². The summed E-state index contributed by atoms with van der Waals surface area (Å²) < 4.78 is 0. The zero-order valence-electron chi connectivity index (χ0n) is 12.0. The van der Waals surface area contributed by atoms with Crippen LogP contribution in [0.2, 0.25) is 0 Å². The normalized spacial score (nSPS) is 23.6. The molecule has 4 nitrogen and oxygen atoms in total. The van der Waals surface area contributed by atoms with Crippen molar-refractivity contribution in [2.24, 2.45) is 5.92 Å². The van der Waals surface area contributed by atoms with E-state index in [0.717, 1.165) is 11.6 Å². The van der Waals surface area contributed by atoms with Crippen molar-refractivity contribution in [3.05, 3.63) is 11.1 Å². The highest BCUT2D eigenvalue weighted by Gasteiger charge is 2.23. The lowest BCUT2D eigenvalue weighted by atomic mass is 9.87. The summed E-state index contributed by atoms with van der Waals surface area (Å²) in [4.78, 5) is 18.4. The number of likely N-dealkylation sites (N-methyl/N-ethyl adjacent to an activating group) is 1. The minimum atomic E-state index is 0.0375. The minimum Gasteiger partial charge on any atom is -0.301 e. The van der Waals surface area contributed by atoms with Crippen molar-refractivity contribution in [3.63, 3.8) is 0 Å². The van der Waals surface area contributed by atoms with E-state index in [-0.39, 0.29) is 5.91 Å². The molecule has 1 aromatic rings. The van der Waals surface area contributed by atoms with Gasteiger partial charge in [0.05, 0.1) is 12.2 Å². The van der Waals surface area contributed by atoms with E-state index in [1.165, 1.54) is 37.0 Å². The van der Waals surface area contributed by atoms with Gasteiger partial charge in [-0.25, -0.2) is 4.98 Å². The average molecular weight is 281 g/mol. The first-order chi connectivity index (χ1) is 9.04. The lowest BCUT2D eigenvalue weighted by Gasteiger charge is -2.33. The third kappa shape index (κ3) is 4.28. The van der Waals surface area contributed by atoms with Gasteiger partial charge in [0, 0.05) is 11.4 Å². The third-order valence-corrected chi connectivity index (χ3v) is 4.74. The number of hydrogen-bond acceptors (Lipinski definition) is 4. The fraction of sp³-hybridized carbons (Fsp3) is 0.714. The van der Waals surface area contributed by atoms with Crippen LogP contribution >= 0.6 is 11.3 Å². The molecule has 2 rings (SSSR count). The number of amides is 1. The number of thiazole rings is 1. The molecule has 1 amide bonds. The summed E-state index contributed by atoms with van der Waals surface area (Å²) in [6, 6.07) is 0.556. The van der Waals surface area contributed by atoms with E-state index in [4.69, 9.17) is 0 Å². The molecule has 0 spiro atoms.